The summed E-state index contributed by atoms with van der Waals surface area (Å²) in [6, 6.07) is 7.84. The van der Waals surface area contributed by atoms with Crippen LogP contribution in [0.4, 0.5) is 5.69 Å². The predicted octanol–water partition coefficient (Wildman–Crippen LogP) is 1.13. The van der Waals surface area contributed by atoms with Crippen LogP contribution < -0.4 is 5.32 Å². The third-order valence-corrected chi connectivity index (χ3v) is 3.65. The van der Waals surface area contributed by atoms with Crippen LogP contribution in [0.15, 0.2) is 24.3 Å². The van der Waals surface area contributed by atoms with Crippen LogP contribution in [0, 0.1) is 0 Å². The van der Waals surface area contributed by atoms with Gasteiger partial charge in [-0.3, -0.25) is 9.59 Å². The van der Waals surface area contributed by atoms with Crippen molar-refractivity contribution in [2.45, 2.75) is 12.8 Å². The van der Waals surface area contributed by atoms with Crippen LogP contribution in [0.2, 0.25) is 0 Å². The average molecular weight is 275 g/mol. The first-order valence-electron chi connectivity index (χ1n) is 6.86. The number of anilines is 1. The third kappa shape index (κ3) is 2.76. The number of para-hydroxylation sites is 1. The quantitative estimate of drug-likeness (QED) is 0.896. The zero-order valence-corrected chi connectivity index (χ0v) is 12.2. The minimum absolute atomic E-state index is 0.0140. The van der Waals surface area contributed by atoms with Crippen molar-refractivity contribution in [1.82, 2.24) is 9.80 Å². The van der Waals surface area contributed by atoms with Crippen molar-refractivity contribution in [3.8, 4) is 0 Å². The molecule has 5 nitrogen and oxygen atoms in total. The molecule has 1 unspecified atom stereocenters. The molecule has 0 fully saturated rings. The first-order valence-corrected chi connectivity index (χ1v) is 6.86. The van der Waals surface area contributed by atoms with Crippen LogP contribution in [0.3, 0.4) is 0 Å². The number of nitrogens with one attached hydrogen (secondary N) is 1. The molecule has 1 aromatic carbocycles. The van der Waals surface area contributed by atoms with Gasteiger partial charge in [-0.2, -0.15) is 0 Å². The van der Waals surface area contributed by atoms with Crippen LogP contribution in [0.1, 0.15) is 18.4 Å². The lowest BCUT2D eigenvalue weighted by atomic mass is 10.00. The van der Waals surface area contributed by atoms with Gasteiger partial charge in [0.1, 0.15) is 0 Å². The van der Waals surface area contributed by atoms with Crippen molar-refractivity contribution in [3.05, 3.63) is 29.8 Å². The van der Waals surface area contributed by atoms with E-state index in [1.165, 1.54) is 4.90 Å². The highest BCUT2D eigenvalue weighted by Gasteiger charge is 2.31. The van der Waals surface area contributed by atoms with E-state index in [1.807, 2.05) is 31.2 Å². The maximum absolute atomic E-state index is 12.6. The van der Waals surface area contributed by atoms with E-state index in [1.54, 1.807) is 19.0 Å². The Bertz CT molecular complexity index is 514. The Morgan fingerprint density at radius 1 is 1.30 bits per heavy atom. The maximum atomic E-state index is 12.6. The maximum Gasteiger partial charge on any atom is 0.241 e. The number of nitrogens with zero attached hydrogens (tertiary/aromatic N) is 2. The van der Waals surface area contributed by atoms with E-state index < -0.39 is 0 Å². The number of carbonyl (C=O) groups excluding carboxylic acids is 2. The van der Waals surface area contributed by atoms with Crippen molar-refractivity contribution in [1.29, 1.82) is 0 Å². The average Bonchev–Trinajstić information content (AvgIpc) is 2.87. The fourth-order valence-electron chi connectivity index (χ4n) is 2.37. The number of hydrogen-bond donors (Lipinski definition) is 1. The molecule has 1 aromatic rings. The number of likely N-dealkylation sites (N-methyl/N-ethyl adjacent to an activating group) is 2. The second kappa shape index (κ2) is 5.94. The van der Waals surface area contributed by atoms with Crippen LogP contribution in [0.5, 0.6) is 0 Å². The lowest BCUT2D eigenvalue weighted by Gasteiger charge is -2.25. The summed E-state index contributed by atoms with van der Waals surface area (Å²) >= 11 is 0. The van der Waals surface area contributed by atoms with E-state index in [-0.39, 0.29) is 24.3 Å². The summed E-state index contributed by atoms with van der Waals surface area (Å²) in [7, 11) is 3.40. The monoisotopic (exact) mass is 275 g/mol. The van der Waals surface area contributed by atoms with Crippen molar-refractivity contribution in [2.75, 3.05) is 39.0 Å². The van der Waals surface area contributed by atoms with Gasteiger partial charge in [0.15, 0.2) is 0 Å². The highest BCUT2D eigenvalue weighted by molar-refractivity contribution is 5.91. The first kappa shape index (κ1) is 14.4. The zero-order chi connectivity index (χ0) is 14.7. The Balaban J connectivity index is 2.12. The van der Waals surface area contributed by atoms with Crippen molar-refractivity contribution in [2.24, 2.45) is 0 Å². The number of carbonyl (C=O) groups is 2. The van der Waals surface area contributed by atoms with Gasteiger partial charge in [-0.25, -0.2) is 0 Å². The Kier molecular flexibility index (Phi) is 4.27. The van der Waals surface area contributed by atoms with Crippen molar-refractivity contribution >= 4 is 17.5 Å². The third-order valence-electron chi connectivity index (χ3n) is 3.65. The summed E-state index contributed by atoms with van der Waals surface area (Å²) in [6.07, 6.45) is 0. The fourth-order valence-corrected chi connectivity index (χ4v) is 2.37. The molecule has 108 valence electrons. The van der Waals surface area contributed by atoms with E-state index in [4.69, 9.17) is 0 Å². The molecule has 1 atom stereocenters. The van der Waals surface area contributed by atoms with Crippen molar-refractivity contribution in [3.63, 3.8) is 0 Å². The van der Waals surface area contributed by atoms with Crippen LogP contribution in [-0.4, -0.2) is 55.3 Å². The van der Waals surface area contributed by atoms with Crippen LogP contribution in [0.25, 0.3) is 0 Å². The smallest absolute Gasteiger partial charge is 0.241 e. The molecule has 2 rings (SSSR count). The van der Waals surface area contributed by atoms with Gasteiger partial charge in [0.05, 0.1) is 12.5 Å². The van der Waals surface area contributed by atoms with Gasteiger partial charge < -0.3 is 15.1 Å². The summed E-state index contributed by atoms with van der Waals surface area (Å²) < 4.78 is 0. The summed E-state index contributed by atoms with van der Waals surface area (Å²) in [5.74, 6) is -0.235. The summed E-state index contributed by atoms with van der Waals surface area (Å²) in [5, 5.41) is 3.24. The molecule has 20 heavy (non-hydrogen) atoms. The first-order chi connectivity index (χ1) is 9.54. The summed E-state index contributed by atoms with van der Waals surface area (Å²) in [6.45, 7) is 3.18. The second-order valence-corrected chi connectivity index (χ2v) is 5.16. The van der Waals surface area contributed by atoms with E-state index >= 15 is 0 Å². The molecule has 1 heterocycles. The highest BCUT2D eigenvalue weighted by Crippen LogP contribution is 2.32. The minimum atomic E-state index is -0.193. The topological polar surface area (TPSA) is 52.7 Å². The summed E-state index contributed by atoms with van der Waals surface area (Å²) in [5.41, 5.74) is 2.04. The number of hydrogen-bond acceptors (Lipinski definition) is 3. The molecule has 0 radical (unpaired) electrons. The second-order valence-electron chi connectivity index (χ2n) is 5.16. The lowest BCUT2D eigenvalue weighted by molar-refractivity contribution is -0.139. The molecular formula is C15H21N3O2. The molecule has 5 heteroatoms. The number of amides is 2. The standard InChI is InChI=1S/C15H21N3O2/c1-4-18(10-14(19)17(2)3)15(20)12-9-16-13-8-6-5-7-11(12)13/h5-8,12,16H,4,9-10H2,1-3H3. The molecule has 2 amide bonds. The van der Waals surface area contributed by atoms with Gasteiger partial charge in [-0.05, 0) is 18.6 Å². The highest BCUT2D eigenvalue weighted by atomic mass is 16.2. The van der Waals surface area contributed by atoms with Gasteiger partial charge in [-0.15, -0.1) is 0 Å². The molecule has 0 saturated heterocycles. The van der Waals surface area contributed by atoms with Gasteiger partial charge >= 0.3 is 0 Å². The molecule has 0 saturated carbocycles. The largest absolute Gasteiger partial charge is 0.384 e. The SMILES string of the molecule is CCN(CC(=O)N(C)C)C(=O)C1CNc2ccccc21. The molecule has 1 aliphatic rings. The zero-order valence-electron chi connectivity index (χ0n) is 12.2. The number of benzene rings is 1. The Labute approximate surface area is 119 Å². The van der Waals surface area contributed by atoms with E-state index in [9.17, 15) is 9.59 Å². The summed E-state index contributed by atoms with van der Waals surface area (Å²) in [4.78, 5) is 27.5. The molecule has 1 aliphatic heterocycles. The van der Waals surface area contributed by atoms with Crippen LogP contribution in [-0.2, 0) is 9.59 Å². The van der Waals surface area contributed by atoms with E-state index in [0.29, 0.717) is 13.1 Å². The lowest BCUT2D eigenvalue weighted by Crippen LogP contribution is -2.42. The fraction of sp³-hybridized carbons (Fsp3) is 0.467. The predicted molar refractivity (Wildman–Crippen MR) is 78.6 cm³/mol. The Morgan fingerprint density at radius 2 is 2.00 bits per heavy atom. The van der Waals surface area contributed by atoms with E-state index in [0.717, 1.165) is 11.3 Å². The van der Waals surface area contributed by atoms with Gasteiger partial charge in [-0.1, -0.05) is 18.2 Å². The minimum Gasteiger partial charge on any atom is -0.384 e. The number of fused-ring (bicyclic) bond motifs is 1. The van der Waals surface area contributed by atoms with Gasteiger partial charge in [0.25, 0.3) is 0 Å². The molecule has 0 aliphatic carbocycles. The molecule has 1 N–H and O–H groups in total. The van der Waals surface area contributed by atoms with Crippen molar-refractivity contribution < 1.29 is 9.59 Å². The molecule has 0 aromatic heterocycles. The molecule has 0 bridgehead atoms. The normalized spacial score (nSPS) is 16.2. The van der Waals surface area contributed by atoms with Gasteiger partial charge in [0, 0.05) is 32.9 Å². The molecular weight excluding hydrogens is 254 g/mol. The molecule has 0 spiro atoms. The Hall–Kier alpha value is -2.04. The van der Waals surface area contributed by atoms with Gasteiger partial charge in [0.2, 0.25) is 11.8 Å². The Morgan fingerprint density at radius 3 is 2.65 bits per heavy atom. The van der Waals surface area contributed by atoms with E-state index in [2.05, 4.69) is 5.32 Å². The van der Waals surface area contributed by atoms with Crippen LogP contribution >= 0.6 is 0 Å². The number of rotatable bonds is 4.